The van der Waals surface area contributed by atoms with Crippen LogP contribution >= 0.6 is 27.5 Å². The van der Waals surface area contributed by atoms with Crippen LogP contribution in [0.15, 0.2) is 59.2 Å². The molecule has 3 rings (SSSR count). The lowest BCUT2D eigenvalue weighted by molar-refractivity contribution is 1.15. The third kappa shape index (κ3) is 2.94. The highest BCUT2D eigenvalue weighted by Gasteiger charge is 2.01. The third-order valence-corrected chi connectivity index (χ3v) is 3.97. The van der Waals surface area contributed by atoms with Crippen molar-refractivity contribution in [1.82, 2.24) is 4.98 Å². The van der Waals surface area contributed by atoms with Gasteiger partial charge in [-0.2, -0.15) is 0 Å². The molecule has 0 amide bonds. The number of pyridine rings is 1. The van der Waals surface area contributed by atoms with E-state index in [9.17, 15) is 0 Å². The minimum Gasteiger partial charge on any atom is -0.380 e. The minimum atomic E-state index is 0.721. The summed E-state index contributed by atoms with van der Waals surface area (Å²) in [5.41, 5.74) is 3.26. The Morgan fingerprint density at radius 1 is 1.10 bits per heavy atom. The second-order valence-corrected chi connectivity index (χ2v) is 5.80. The summed E-state index contributed by atoms with van der Waals surface area (Å²) in [5, 5.41) is 5.27. The fraction of sp³-hybridized carbons (Fsp3) is 0.0625. The highest BCUT2D eigenvalue weighted by molar-refractivity contribution is 9.10. The zero-order chi connectivity index (χ0) is 13.9. The number of benzene rings is 2. The van der Waals surface area contributed by atoms with Crippen LogP contribution in [-0.4, -0.2) is 4.98 Å². The first kappa shape index (κ1) is 13.4. The van der Waals surface area contributed by atoms with Gasteiger partial charge < -0.3 is 5.32 Å². The predicted molar refractivity (Wildman–Crippen MR) is 88.2 cm³/mol. The normalized spacial score (nSPS) is 10.7. The van der Waals surface area contributed by atoms with Crippen molar-refractivity contribution in [3.8, 4) is 0 Å². The number of anilines is 1. The number of hydrogen-bond acceptors (Lipinski definition) is 2. The summed E-state index contributed by atoms with van der Waals surface area (Å²) < 4.78 is 0.965. The summed E-state index contributed by atoms with van der Waals surface area (Å²) in [6.45, 7) is 0.755. The highest BCUT2D eigenvalue weighted by atomic mass is 79.9. The molecular weight excluding hydrogens is 336 g/mol. The van der Waals surface area contributed by atoms with Crippen molar-refractivity contribution in [2.75, 3.05) is 5.32 Å². The van der Waals surface area contributed by atoms with Gasteiger partial charge in [0.05, 0.1) is 5.52 Å². The van der Waals surface area contributed by atoms with Crippen LogP contribution in [0.1, 0.15) is 5.56 Å². The molecule has 2 aromatic carbocycles. The van der Waals surface area contributed by atoms with Gasteiger partial charge in [-0.3, -0.25) is 4.98 Å². The Balaban J connectivity index is 1.79. The maximum absolute atomic E-state index is 5.93. The molecule has 0 aliphatic carbocycles. The molecule has 0 aliphatic rings. The zero-order valence-electron chi connectivity index (χ0n) is 10.6. The molecule has 0 saturated carbocycles. The average Bonchev–Trinajstić information content (AvgIpc) is 2.46. The van der Waals surface area contributed by atoms with Gasteiger partial charge in [0, 0.05) is 33.3 Å². The molecule has 100 valence electrons. The zero-order valence-corrected chi connectivity index (χ0v) is 12.9. The summed E-state index contributed by atoms with van der Waals surface area (Å²) in [6.07, 6.45) is 1.81. The van der Waals surface area contributed by atoms with Crippen LogP contribution in [0, 0.1) is 0 Å². The van der Waals surface area contributed by atoms with E-state index in [4.69, 9.17) is 11.6 Å². The smallest absolute Gasteiger partial charge is 0.0702 e. The number of nitrogens with one attached hydrogen (secondary N) is 1. The van der Waals surface area contributed by atoms with Gasteiger partial charge in [0.2, 0.25) is 0 Å². The molecule has 1 aromatic heterocycles. The Kier molecular flexibility index (Phi) is 3.90. The monoisotopic (exact) mass is 346 g/mol. The van der Waals surface area contributed by atoms with Crippen LogP contribution in [-0.2, 0) is 6.54 Å². The first-order chi connectivity index (χ1) is 9.72. The largest absolute Gasteiger partial charge is 0.380 e. The maximum atomic E-state index is 5.93. The molecule has 20 heavy (non-hydrogen) atoms. The molecule has 0 atom stereocenters. The first-order valence-corrected chi connectivity index (χ1v) is 7.42. The number of fused-ring (bicyclic) bond motifs is 1. The Morgan fingerprint density at radius 3 is 2.85 bits per heavy atom. The Hall–Kier alpha value is -1.58. The molecule has 0 radical (unpaired) electrons. The number of aromatic nitrogens is 1. The topological polar surface area (TPSA) is 24.9 Å². The van der Waals surface area contributed by atoms with E-state index in [2.05, 4.69) is 44.4 Å². The second kappa shape index (κ2) is 5.81. The molecular formula is C16H12BrClN2. The average molecular weight is 348 g/mol. The summed E-state index contributed by atoms with van der Waals surface area (Å²) in [5.74, 6) is 0. The molecule has 1 heterocycles. The Morgan fingerprint density at radius 2 is 2.00 bits per heavy atom. The molecule has 4 heteroatoms. The fourth-order valence-corrected chi connectivity index (χ4v) is 2.89. The number of rotatable bonds is 3. The third-order valence-electron chi connectivity index (χ3n) is 3.08. The first-order valence-electron chi connectivity index (χ1n) is 6.25. The molecule has 2 nitrogen and oxygen atoms in total. The van der Waals surface area contributed by atoms with Crippen LogP contribution in [0.2, 0.25) is 5.02 Å². The van der Waals surface area contributed by atoms with E-state index in [1.54, 1.807) is 0 Å². The molecule has 0 bridgehead atoms. The lowest BCUT2D eigenvalue weighted by atomic mass is 10.1. The van der Waals surface area contributed by atoms with E-state index in [-0.39, 0.29) is 0 Å². The Bertz CT molecular complexity index is 758. The van der Waals surface area contributed by atoms with Crippen LogP contribution in [0.3, 0.4) is 0 Å². The van der Waals surface area contributed by atoms with E-state index < -0.39 is 0 Å². The minimum absolute atomic E-state index is 0.721. The lowest BCUT2D eigenvalue weighted by Gasteiger charge is -2.09. The van der Waals surface area contributed by atoms with E-state index >= 15 is 0 Å². The van der Waals surface area contributed by atoms with Crippen molar-refractivity contribution in [1.29, 1.82) is 0 Å². The molecule has 1 N–H and O–H groups in total. The highest BCUT2D eigenvalue weighted by Crippen LogP contribution is 2.26. The fourth-order valence-electron chi connectivity index (χ4n) is 2.07. The number of nitrogens with zero attached hydrogens (tertiary/aromatic N) is 1. The van der Waals surface area contributed by atoms with E-state index in [1.165, 1.54) is 5.56 Å². The quantitative estimate of drug-likeness (QED) is 0.699. The van der Waals surface area contributed by atoms with E-state index in [0.29, 0.717) is 0 Å². The van der Waals surface area contributed by atoms with Gasteiger partial charge in [-0.1, -0.05) is 23.7 Å². The lowest BCUT2D eigenvalue weighted by Crippen LogP contribution is -2.00. The van der Waals surface area contributed by atoms with Gasteiger partial charge in [-0.05, 0) is 57.9 Å². The maximum Gasteiger partial charge on any atom is 0.0702 e. The molecule has 0 aliphatic heterocycles. The summed E-state index contributed by atoms with van der Waals surface area (Å²) in [7, 11) is 0. The van der Waals surface area contributed by atoms with Gasteiger partial charge in [-0.25, -0.2) is 0 Å². The number of hydrogen-bond donors (Lipinski definition) is 1. The van der Waals surface area contributed by atoms with Crippen LogP contribution < -0.4 is 5.32 Å². The molecule has 3 aromatic rings. The van der Waals surface area contributed by atoms with Gasteiger partial charge >= 0.3 is 0 Å². The van der Waals surface area contributed by atoms with Crippen molar-refractivity contribution in [2.24, 2.45) is 0 Å². The van der Waals surface area contributed by atoms with Gasteiger partial charge in [-0.15, -0.1) is 0 Å². The van der Waals surface area contributed by atoms with E-state index in [1.807, 2.05) is 36.5 Å². The van der Waals surface area contributed by atoms with Crippen molar-refractivity contribution < 1.29 is 0 Å². The van der Waals surface area contributed by atoms with E-state index in [0.717, 1.165) is 32.6 Å². The van der Waals surface area contributed by atoms with Crippen molar-refractivity contribution >= 4 is 44.1 Å². The summed E-state index contributed by atoms with van der Waals surface area (Å²) >= 11 is 9.44. The second-order valence-electron chi connectivity index (χ2n) is 4.51. The Labute approximate surface area is 130 Å². The molecule has 0 saturated heterocycles. The predicted octanol–water partition coefficient (Wildman–Crippen LogP) is 5.26. The number of halogens is 2. The molecule has 0 fully saturated rings. The van der Waals surface area contributed by atoms with Crippen LogP contribution in [0.4, 0.5) is 5.69 Å². The standard InChI is InChI=1S/C16H12BrClN2/c17-14-9-13(18)4-6-16(14)20-10-11-3-5-15-12(8-11)2-1-7-19-15/h1-9,20H,10H2. The summed E-state index contributed by atoms with van der Waals surface area (Å²) in [6, 6.07) is 16.0. The van der Waals surface area contributed by atoms with Crippen LogP contribution in [0.5, 0.6) is 0 Å². The van der Waals surface area contributed by atoms with Crippen molar-refractivity contribution in [2.45, 2.75) is 6.54 Å². The van der Waals surface area contributed by atoms with Crippen molar-refractivity contribution in [3.05, 3.63) is 69.8 Å². The van der Waals surface area contributed by atoms with Gasteiger partial charge in [0.25, 0.3) is 0 Å². The van der Waals surface area contributed by atoms with Crippen molar-refractivity contribution in [3.63, 3.8) is 0 Å². The van der Waals surface area contributed by atoms with Crippen LogP contribution in [0.25, 0.3) is 10.9 Å². The van der Waals surface area contributed by atoms with Gasteiger partial charge in [0.1, 0.15) is 0 Å². The van der Waals surface area contributed by atoms with Gasteiger partial charge in [0.15, 0.2) is 0 Å². The molecule has 0 unspecified atom stereocenters. The molecule has 0 spiro atoms. The summed E-state index contributed by atoms with van der Waals surface area (Å²) in [4.78, 5) is 4.32. The SMILES string of the molecule is Clc1ccc(NCc2ccc3ncccc3c2)c(Br)c1.